The number of nitrogens with two attached hydrogens (primary N) is 1. The van der Waals surface area contributed by atoms with E-state index in [0.29, 0.717) is 17.1 Å². The lowest BCUT2D eigenvalue weighted by Gasteiger charge is -2.17. The Bertz CT molecular complexity index is 518. The number of halogens is 1. The fourth-order valence-electron chi connectivity index (χ4n) is 2.30. The first-order valence-electron chi connectivity index (χ1n) is 5.98. The summed E-state index contributed by atoms with van der Waals surface area (Å²) in [7, 11) is 1.54. The van der Waals surface area contributed by atoms with Crippen molar-refractivity contribution in [3.8, 4) is 11.5 Å². The number of aliphatic carboxylic acids is 1. The second-order valence-corrected chi connectivity index (χ2v) is 5.34. The van der Waals surface area contributed by atoms with Gasteiger partial charge in [0.2, 0.25) is 0 Å². The van der Waals surface area contributed by atoms with Crippen molar-refractivity contribution >= 4 is 21.9 Å². The molecular weight excluding hydrogens is 314 g/mol. The van der Waals surface area contributed by atoms with Crippen molar-refractivity contribution < 1.29 is 19.4 Å². The number of methoxy groups -OCH3 is 1. The Morgan fingerprint density at radius 3 is 2.95 bits per heavy atom. The molecule has 2 atom stereocenters. The van der Waals surface area contributed by atoms with E-state index in [9.17, 15) is 9.90 Å². The molecule has 1 heterocycles. The van der Waals surface area contributed by atoms with E-state index in [0.717, 1.165) is 16.5 Å². The van der Waals surface area contributed by atoms with Gasteiger partial charge in [0.25, 0.3) is 0 Å². The van der Waals surface area contributed by atoms with E-state index in [1.165, 1.54) is 7.11 Å². The van der Waals surface area contributed by atoms with Gasteiger partial charge in [-0.1, -0.05) is 15.9 Å². The summed E-state index contributed by atoms with van der Waals surface area (Å²) < 4.78 is 11.8. The molecule has 0 spiro atoms. The second-order valence-electron chi connectivity index (χ2n) is 4.55. The Balaban J connectivity index is 2.58. The third-order valence-corrected chi connectivity index (χ3v) is 4.18. The number of benzene rings is 1. The zero-order chi connectivity index (χ0) is 14.2. The summed E-state index contributed by atoms with van der Waals surface area (Å²) in [5.41, 5.74) is 7.14. The Labute approximate surface area is 119 Å². The van der Waals surface area contributed by atoms with E-state index in [1.54, 1.807) is 6.07 Å². The lowest BCUT2D eigenvalue weighted by Crippen LogP contribution is -2.21. The summed E-state index contributed by atoms with van der Waals surface area (Å²) in [6.45, 7) is 2.00. The smallest absolute Gasteiger partial charge is 0.312 e. The van der Waals surface area contributed by atoms with Crippen molar-refractivity contribution in [1.29, 1.82) is 0 Å². The topological polar surface area (TPSA) is 81.8 Å². The molecular formula is C13H16BrNO4. The van der Waals surface area contributed by atoms with Crippen LogP contribution in [0.25, 0.3) is 0 Å². The summed E-state index contributed by atoms with van der Waals surface area (Å²) in [5, 5.41) is 9.24. The molecule has 19 heavy (non-hydrogen) atoms. The minimum Gasteiger partial charge on any atom is -0.493 e. The number of carbonyl (C=O) groups is 1. The van der Waals surface area contributed by atoms with Gasteiger partial charge in [0, 0.05) is 23.0 Å². The molecule has 1 aromatic rings. The Morgan fingerprint density at radius 2 is 2.42 bits per heavy atom. The van der Waals surface area contributed by atoms with Gasteiger partial charge in [0.05, 0.1) is 13.0 Å². The van der Waals surface area contributed by atoms with Crippen molar-refractivity contribution in [1.82, 2.24) is 0 Å². The zero-order valence-electron chi connectivity index (χ0n) is 10.8. The Morgan fingerprint density at radius 1 is 1.74 bits per heavy atom. The number of hydrogen-bond acceptors (Lipinski definition) is 4. The minimum absolute atomic E-state index is 0.0340. The number of carboxylic acid groups (broad SMARTS) is 1. The maximum Gasteiger partial charge on any atom is 0.312 e. The third kappa shape index (κ3) is 2.42. The molecule has 2 unspecified atom stereocenters. The molecule has 3 N–H and O–H groups in total. The van der Waals surface area contributed by atoms with Crippen LogP contribution in [0.3, 0.4) is 0 Å². The van der Waals surface area contributed by atoms with Gasteiger partial charge in [-0.3, -0.25) is 4.79 Å². The Kier molecular flexibility index (Phi) is 4.01. The summed E-state index contributed by atoms with van der Waals surface area (Å²) in [6.07, 6.45) is 0.772. The fourth-order valence-corrected chi connectivity index (χ4v) is 3.03. The quantitative estimate of drug-likeness (QED) is 0.881. The highest BCUT2D eigenvalue weighted by Gasteiger charge is 2.31. The predicted molar refractivity (Wildman–Crippen MR) is 73.9 cm³/mol. The molecule has 0 fully saturated rings. The van der Waals surface area contributed by atoms with Gasteiger partial charge in [-0.25, -0.2) is 0 Å². The molecule has 0 radical (unpaired) electrons. The molecule has 0 bridgehead atoms. The van der Waals surface area contributed by atoms with Gasteiger partial charge in [0.1, 0.15) is 6.10 Å². The molecule has 5 nitrogen and oxygen atoms in total. The molecule has 2 rings (SSSR count). The van der Waals surface area contributed by atoms with Crippen molar-refractivity contribution in [3.05, 3.63) is 21.7 Å². The van der Waals surface area contributed by atoms with Gasteiger partial charge < -0.3 is 20.3 Å². The third-order valence-electron chi connectivity index (χ3n) is 3.24. The Hall–Kier alpha value is -1.27. The maximum atomic E-state index is 11.3. The van der Waals surface area contributed by atoms with E-state index in [-0.39, 0.29) is 12.6 Å². The van der Waals surface area contributed by atoms with E-state index >= 15 is 0 Å². The molecule has 1 aliphatic rings. The number of hydrogen-bond donors (Lipinski definition) is 2. The van der Waals surface area contributed by atoms with E-state index in [2.05, 4.69) is 15.9 Å². The number of rotatable bonds is 4. The molecule has 0 aliphatic carbocycles. The molecule has 0 amide bonds. The van der Waals surface area contributed by atoms with Crippen molar-refractivity contribution in [3.63, 3.8) is 0 Å². The molecule has 104 valence electrons. The fraction of sp³-hybridized carbons (Fsp3) is 0.462. The number of fused-ring (bicyclic) bond motifs is 1. The molecule has 0 saturated carbocycles. The maximum absolute atomic E-state index is 11.3. The lowest BCUT2D eigenvalue weighted by atomic mass is 9.95. The van der Waals surface area contributed by atoms with Crippen molar-refractivity contribution in [2.75, 3.05) is 13.7 Å². The van der Waals surface area contributed by atoms with E-state index < -0.39 is 11.9 Å². The first-order chi connectivity index (χ1) is 8.99. The van der Waals surface area contributed by atoms with Crippen LogP contribution in [-0.2, 0) is 11.2 Å². The normalized spacial score (nSPS) is 18.6. The van der Waals surface area contributed by atoms with Crippen LogP contribution in [0, 0.1) is 0 Å². The summed E-state index contributed by atoms with van der Waals surface area (Å²) >= 11 is 3.48. The summed E-state index contributed by atoms with van der Waals surface area (Å²) in [5.74, 6) is -0.467. The van der Waals surface area contributed by atoms with Crippen molar-refractivity contribution in [2.45, 2.75) is 25.4 Å². The minimum atomic E-state index is -0.947. The summed E-state index contributed by atoms with van der Waals surface area (Å²) in [4.78, 5) is 11.3. The predicted octanol–water partition coefficient (Wildman–Crippen LogP) is 1.91. The molecule has 6 heteroatoms. The first-order valence-corrected chi connectivity index (χ1v) is 6.77. The van der Waals surface area contributed by atoms with Crippen LogP contribution in [0.1, 0.15) is 24.0 Å². The monoisotopic (exact) mass is 329 g/mol. The highest BCUT2D eigenvalue weighted by Crippen LogP contribution is 2.45. The number of ether oxygens (including phenoxy) is 2. The van der Waals surface area contributed by atoms with Crippen LogP contribution < -0.4 is 15.2 Å². The lowest BCUT2D eigenvalue weighted by molar-refractivity contribution is -0.138. The highest BCUT2D eigenvalue weighted by molar-refractivity contribution is 9.10. The average molecular weight is 330 g/mol. The largest absolute Gasteiger partial charge is 0.493 e. The SMILES string of the molecule is COc1cc(C(CN)C(=O)O)c(Br)c2c1OC(C)C2. The van der Waals surface area contributed by atoms with E-state index in [1.807, 2.05) is 6.92 Å². The first kappa shape index (κ1) is 14.1. The average Bonchev–Trinajstić information content (AvgIpc) is 2.75. The molecule has 0 saturated heterocycles. The zero-order valence-corrected chi connectivity index (χ0v) is 12.4. The second kappa shape index (κ2) is 5.38. The van der Waals surface area contributed by atoms with Crippen LogP contribution >= 0.6 is 15.9 Å². The van der Waals surface area contributed by atoms with Gasteiger partial charge in [0.15, 0.2) is 11.5 Å². The van der Waals surface area contributed by atoms with Crippen molar-refractivity contribution in [2.24, 2.45) is 5.73 Å². The summed E-state index contributed by atoms with van der Waals surface area (Å²) in [6, 6.07) is 1.69. The highest BCUT2D eigenvalue weighted by atomic mass is 79.9. The van der Waals surface area contributed by atoms with Gasteiger partial charge in [-0.05, 0) is 18.6 Å². The van der Waals surface area contributed by atoms with Crippen LogP contribution in [0.4, 0.5) is 0 Å². The molecule has 0 aromatic heterocycles. The van der Waals surface area contributed by atoms with Crippen LogP contribution in [0.5, 0.6) is 11.5 Å². The molecule has 1 aromatic carbocycles. The van der Waals surface area contributed by atoms with Gasteiger partial charge in [-0.2, -0.15) is 0 Å². The molecule has 1 aliphatic heterocycles. The number of carboxylic acids is 1. The van der Waals surface area contributed by atoms with Crippen LogP contribution in [0.15, 0.2) is 10.5 Å². The van der Waals surface area contributed by atoms with Gasteiger partial charge in [-0.15, -0.1) is 0 Å². The van der Waals surface area contributed by atoms with Crippen LogP contribution in [0.2, 0.25) is 0 Å². The van der Waals surface area contributed by atoms with E-state index in [4.69, 9.17) is 15.2 Å². The van der Waals surface area contributed by atoms with Gasteiger partial charge >= 0.3 is 5.97 Å². The van der Waals surface area contributed by atoms with Crippen LogP contribution in [-0.4, -0.2) is 30.8 Å². The standard InChI is InChI=1S/C13H16BrNO4/c1-6-3-8-11(14)7(9(5-15)13(16)17)4-10(18-2)12(8)19-6/h4,6,9H,3,5,15H2,1-2H3,(H,16,17).